The maximum absolute atomic E-state index is 6.74. The molecule has 11 aromatic carbocycles. The molecule has 304 valence electrons. The Morgan fingerprint density at radius 2 is 0.785 bits per heavy atom. The first-order valence-electron chi connectivity index (χ1n) is 22.4. The van der Waals surface area contributed by atoms with E-state index in [1.165, 1.54) is 71.6 Å². The Morgan fingerprint density at radius 3 is 1.51 bits per heavy atom. The maximum atomic E-state index is 6.74. The molecule has 1 heterocycles. The minimum absolute atomic E-state index is 0.613. The van der Waals surface area contributed by atoms with Gasteiger partial charge in [-0.2, -0.15) is 0 Å². The Labute approximate surface area is 378 Å². The highest BCUT2D eigenvalue weighted by molar-refractivity contribution is 6.15. The van der Waals surface area contributed by atoms with Gasteiger partial charge >= 0.3 is 0 Å². The van der Waals surface area contributed by atoms with Gasteiger partial charge in [-0.3, -0.25) is 0 Å². The van der Waals surface area contributed by atoms with Crippen molar-refractivity contribution in [3.63, 3.8) is 0 Å². The van der Waals surface area contributed by atoms with E-state index in [2.05, 4.69) is 254 Å². The number of para-hydroxylation sites is 3. The molecule has 13 rings (SSSR count). The van der Waals surface area contributed by atoms with Gasteiger partial charge in [0, 0.05) is 27.8 Å². The molecule has 2 aliphatic rings. The van der Waals surface area contributed by atoms with Crippen molar-refractivity contribution >= 4 is 38.6 Å². The lowest BCUT2D eigenvalue weighted by atomic mass is 9.66. The SMILES string of the molecule is c1ccc(-c2ccccc2-c2ccccc2-c2ccccc2N(c2ccc3c(c2)C2(c4ccccc4Oc4ccccc42)c2ccccc2-3)c2cc3ccccc3c3ccccc23)cc1. The third-order valence-electron chi connectivity index (χ3n) is 13.7. The summed E-state index contributed by atoms with van der Waals surface area (Å²) in [5.41, 5.74) is 17.0. The van der Waals surface area contributed by atoms with Gasteiger partial charge in [-0.25, -0.2) is 0 Å². The third kappa shape index (κ3) is 5.60. The summed E-state index contributed by atoms with van der Waals surface area (Å²) >= 11 is 0. The second kappa shape index (κ2) is 14.8. The number of nitrogens with zero attached hydrogens (tertiary/aromatic N) is 1. The number of ether oxygens (including phenoxy) is 1. The molecule has 0 unspecified atom stereocenters. The Hall–Kier alpha value is -8.46. The van der Waals surface area contributed by atoms with Crippen LogP contribution in [-0.4, -0.2) is 0 Å². The molecule has 1 spiro atoms. The van der Waals surface area contributed by atoms with Crippen LogP contribution in [0.5, 0.6) is 11.5 Å². The van der Waals surface area contributed by atoms with E-state index in [1.54, 1.807) is 0 Å². The van der Waals surface area contributed by atoms with Crippen molar-refractivity contribution in [3.8, 4) is 56.0 Å². The highest BCUT2D eigenvalue weighted by atomic mass is 16.5. The highest BCUT2D eigenvalue weighted by Gasteiger charge is 2.51. The summed E-state index contributed by atoms with van der Waals surface area (Å²) in [5, 5.41) is 4.83. The molecule has 0 radical (unpaired) electrons. The highest BCUT2D eigenvalue weighted by Crippen LogP contribution is 2.63. The fourth-order valence-electron chi connectivity index (χ4n) is 11.0. The quantitative estimate of drug-likeness (QED) is 0.155. The molecule has 0 aromatic heterocycles. The molecule has 1 aliphatic carbocycles. The molecule has 0 bridgehead atoms. The molecule has 11 aromatic rings. The molecule has 0 saturated carbocycles. The van der Waals surface area contributed by atoms with Gasteiger partial charge in [-0.05, 0) is 103 Å². The van der Waals surface area contributed by atoms with Gasteiger partial charge < -0.3 is 9.64 Å². The fraction of sp³-hybridized carbons (Fsp3) is 0.0159. The van der Waals surface area contributed by atoms with Crippen LogP contribution in [0.4, 0.5) is 17.1 Å². The zero-order valence-electron chi connectivity index (χ0n) is 35.5. The van der Waals surface area contributed by atoms with E-state index in [0.29, 0.717) is 0 Å². The van der Waals surface area contributed by atoms with Gasteiger partial charge in [-0.1, -0.05) is 212 Å². The van der Waals surface area contributed by atoms with Crippen LogP contribution in [0.2, 0.25) is 0 Å². The Morgan fingerprint density at radius 1 is 0.292 bits per heavy atom. The van der Waals surface area contributed by atoms with Crippen molar-refractivity contribution in [1.29, 1.82) is 0 Å². The van der Waals surface area contributed by atoms with Crippen LogP contribution in [0.25, 0.3) is 66.1 Å². The fourth-order valence-corrected chi connectivity index (χ4v) is 11.0. The predicted molar refractivity (Wildman–Crippen MR) is 270 cm³/mol. The summed E-state index contributed by atoms with van der Waals surface area (Å²) in [6.45, 7) is 0. The minimum atomic E-state index is -0.613. The van der Waals surface area contributed by atoms with Gasteiger partial charge in [0.05, 0.1) is 16.8 Å². The Kier molecular flexibility index (Phi) is 8.47. The van der Waals surface area contributed by atoms with Crippen LogP contribution >= 0.6 is 0 Å². The molecule has 1 aliphatic heterocycles. The standard InChI is InChI=1S/C63H41NO/c1-2-20-42(21-3-1)45-23-6-7-25-47(45)49-27-8-9-28-50(49)53-30-13-17-35-59(53)64(60-40-43-22-4-5-24-46(43)48-26-10-11-31-54(48)60)44-38-39-52-51-29-12-14-32-55(51)63(58(52)41-44)56-33-15-18-36-61(56)65-62-37-19-16-34-57(62)63/h1-41H. The Balaban J connectivity index is 1.11. The van der Waals surface area contributed by atoms with Gasteiger partial charge in [0.15, 0.2) is 0 Å². The molecule has 65 heavy (non-hydrogen) atoms. The van der Waals surface area contributed by atoms with Crippen molar-refractivity contribution in [2.75, 3.05) is 4.90 Å². The average Bonchev–Trinajstić information content (AvgIpc) is 3.66. The first-order chi connectivity index (χ1) is 32.3. The summed E-state index contributed by atoms with van der Waals surface area (Å²) in [6, 6.07) is 90.8. The molecule has 0 fully saturated rings. The van der Waals surface area contributed by atoms with Crippen molar-refractivity contribution in [1.82, 2.24) is 0 Å². The van der Waals surface area contributed by atoms with E-state index < -0.39 is 5.41 Å². The molecule has 2 nitrogen and oxygen atoms in total. The number of hydrogen-bond donors (Lipinski definition) is 0. The van der Waals surface area contributed by atoms with Gasteiger partial charge in [-0.15, -0.1) is 0 Å². The number of benzene rings is 11. The summed E-state index contributed by atoms with van der Waals surface area (Å²) in [5.74, 6) is 1.77. The van der Waals surface area contributed by atoms with Gasteiger partial charge in [0.1, 0.15) is 11.5 Å². The van der Waals surface area contributed by atoms with Crippen LogP contribution in [0.15, 0.2) is 249 Å². The van der Waals surface area contributed by atoms with E-state index in [0.717, 1.165) is 45.3 Å². The van der Waals surface area contributed by atoms with Gasteiger partial charge in [0.25, 0.3) is 0 Å². The number of fused-ring (bicyclic) bond motifs is 12. The number of anilines is 3. The summed E-state index contributed by atoms with van der Waals surface area (Å²) in [6.07, 6.45) is 0. The maximum Gasteiger partial charge on any atom is 0.132 e. The second-order valence-electron chi connectivity index (χ2n) is 17.1. The molecule has 0 N–H and O–H groups in total. The van der Waals surface area contributed by atoms with Crippen LogP contribution < -0.4 is 9.64 Å². The lowest BCUT2D eigenvalue weighted by Crippen LogP contribution is -2.32. The van der Waals surface area contributed by atoms with Crippen LogP contribution in [0, 0.1) is 0 Å². The van der Waals surface area contributed by atoms with Crippen LogP contribution in [-0.2, 0) is 5.41 Å². The van der Waals surface area contributed by atoms with E-state index in [4.69, 9.17) is 4.74 Å². The molecular weight excluding hydrogens is 787 g/mol. The summed E-state index contributed by atoms with van der Waals surface area (Å²) in [4.78, 5) is 2.53. The first kappa shape index (κ1) is 37.1. The molecule has 2 heteroatoms. The zero-order chi connectivity index (χ0) is 42.9. The molecule has 0 atom stereocenters. The van der Waals surface area contributed by atoms with Crippen molar-refractivity contribution in [2.45, 2.75) is 5.41 Å². The monoisotopic (exact) mass is 827 g/mol. The number of rotatable bonds is 6. The topological polar surface area (TPSA) is 12.5 Å². The zero-order valence-corrected chi connectivity index (χ0v) is 35.5. The van der Waals surface area contributed by atoms with E-state index in [1.807, 2.05) is 0 Å². The van der Waals surface area contributed by atoms with E-state index >= 15 is 0 Å². The van der Waals surface area contributed by atoms with E-state index in [-0.39, 0.29) is 0 Å². The largest absolute Gasteiger partial charge is 0.457 e. The smallest absolute Gasteiger partial charge is 0.132 e. The van der Waals surface area contributed by atoms with Crippen LogP contribution in [0.1, 0.15) is 22.3 Å². The minimum Gasteiger partial charge on any atom is -0.457 e. The normalized spacial score (nSPS) is 12.9. The molecule has 0 amide bonds. The van der Waals surface area contributed by atoms with Crippen molar-refractivity contribution < 1.29 is 4.74 Å². The third-order valence-corrected chi connectivity index (χ3v) is 13.7. The second-order valence-corrected chi connectivity index (χ2v) is 17.1. The predicted octanol–water partition coefficient (Wildman–Crippen LogP) is 16.9. The Bertz CT molecular complexity index is 3620. The molecular formula is C63H41NO. The van der Waals surface area contributed by atoms with Crippen molar-refractivity contribution in [3.05, 3.63) is 271 Å². The van der Waals surface area contributed by atoms with E-state index in [9.17, 15) is 0 Å². The van der Waals surface area contributed by atoms with Crippen LogP contribution in [0.3, 0.4) is 0 Å². The summed E-state index contributed by atoms with van der Waals surface area (Å²) < 4.78 is 6.74. The average molecular weight is 828 g/mol. The lowest BCUT2D eigenvalue weighted by molar-refractivity contribution is 0.436. The number of hydrogen-bond acceptors (Lipinski definition) is 2. The van der Waals surface area contributed by atoms with Gasteiger partial charge in [0.2, 0.25) is 0 Å². The molecule has 0 saturated heterocycles. The first-order valence-corrected chi connectivity index (χ1v) is 22.4. The van der Waals surface area contributed by atoms with Crippen molar-refractivity contribution in [2.24, 2.45) is 0 Å². The summed E-state index contributed by atoms with van der Waals surface area (Å²) in [7, 11) is 0. The lowest BCUT2D eigenvalue weighted by Gasteiger charge is -2.39.